The Hall–Kier alpha value is -2.75. The summed E-state index contributed by atoms with van der Waals surface area (Å²) < 4.78 is 11.9. The van der Waals surface area contributed by atoms with Gasteiger partial charge in [-0.05, 0) is 74.1 Å². The first-order valence-electron chi connectivity index (χ1n) is 10.3. The molecule has 0 saturated carbocycles. The molecule has 0 aromatic heterocycles. The largest absolute Gasteiger partial charge is 0.490 e. The summed E-state index contributed by atoms with van der Waals surface area (Å²) in [6.45, 7) is 9.34. The summed E-state index contributed by atoms with van der Waals surface area (Å²) >= 11 is 0. The molecule has 4 heteroatoms. The molecule has 0 aliphatic heterocycles. The molecule has 0 spiro atoms. The lowest BCUT2D eigenvalue weighted by Crippen LogP contribution is -2.05. The van der Waals surface area contributed by atoms with Crippen LogP contribution in [-0.2, 0) is 11.4 Å². The monoisotopic (exact) mass is 395 g/mol. The van der Waals surface area contributed by atoms with Crippen molar-refractivity contribution in [1.82, 2.24) is 0 Å². The predicted molar refractivity (Wildman–Crippen MR) is 120 cm³/mol. The van der Waals surface area contributed by atoms with Crippen LogP contribution in [0.5, 0.6) is 11.5 Å². The third kappa shape index (κ3) is 6.97. The minimum absolute atomic E-state index is 0.502. The molecule has 2 aromatic rings. The van der Waals surface area contributed by atoms with Gasteiger partial charge in [0, 0.05) is 0 Å². The molecule has 0 saturated heterocycles. The van der Waals surface area contributed by atoms with Gasteiger partial charge in [0.15, 0.2) is 0 Å². The summed E-state index contributed by atoms with van der Waals surface area (Å²) in [6, 6.07) is 12.4. The number of hydrogen-bond donors (Lipinski definition) is 0. The Morgan fingerprint density at radius 2 is 1.83 bits per heavy atom. The van der Waals surface area contributed by atoms with Crippen molar-refractivity contribution < 1.29 is 14.3 Å². The van der Waals surface area contributed by atoms with Crippen LogP contribution in [0.15, 0.2) is 53.7 Å². The first kappa shape index (κ1) is 22.5. The minimum Gasteiger partial charge on any atom is -0.490 e. The summed E-state index contributed by atoms with van der Waals surface area (Å²) in [5.74, 6) is 1.77. The van der Waals surface area contributed by atoms with E-state index in [0.717, 1.165) is 58.7 Å². The van der Waals surface area contributed by atoms with Gasteiger partial charge < -0.3 is 14.3 Å². The fourth-order valence-electron chi connectivity index (χ4n) is 3.16. The van der Waals surface area contributed by atoms with E-state index in [1.54, 1.807) is 7.11 Å². The smallest absolute Gasteiger partial charge is 0.125 e. The fourth-order valence-corrected chi connectivity index (χ4v) is 3.16. The molecule has 0 radical (unpaired) electrons. The molecule has 0 fully saturated rings. The van der Waals surface area contributed by atoms with E-state index in [1.165, 1.54) is 0 Å². The molecular formula is C25H33NO3. The van der Waals surface area contributed by atoms with Crippen molar-refractivity contribution in [3.05, 3.63) is 70.8 Å². The summed E-state index contributed by atoms with van der Waals surface area (Å²) in [6.07, 6.45) is 7.09. The first-order chi connectivity index (χ1) is 14.1. The maximum atomic E-state index is 6.17. The van der Waals surface area contributed by atoms with E-state index < -0.39 is 0 Å². The second kappa shape index (κ2) is 11.9. The van der Waals surface area contributed by atoms with Crippen molar-refractivity contribution >= 4 is 5.71 Å². The van der Waals surface area contributed by atoms with E-state index in [1.807, 2.05) is 37.3 Å². The lowest BCUT2D eigenvalue weighted by molar-refractivity contribution is 0.212. The maximum absolute atomic E-state index is 6.17. The summed E-state index contributed by atoms with van der Waals surface area (Å²) in [4.78, 5) is 5.04. The van der Waals surface area contributed by atoms with E-state index in [4.69, 9.17) is 14.3 Å². The summed E-state index contributed by atoms with van der Waals surface area (Å²) in [5.41, 5.74) is 5.31. The van der Waals surface area contributed by atoms with Crippen molar-refractivity contribution in [3.8, 4) is 11.5 Å². The molecule has 29 heavy (non-hydrogen) atoms. The second-order valence-corrected chi connectivity index (χ2v) is 7.08. The van der Waals surface area contributed by atoms with Crippen LogP contribution in [0.2, 0.25) is 0 Å². The van der Waals surface area contributed by atoms with Gasteiger partial charge in [0.2, 0.25) is 0 Å². The van der Waals surface area contributed by atoms with Crippen molar-refractivity contribution in [3.63, 3.8) is 0 Å². The lowest BCUT2D eigenvalue weighted by Gasteiger charge is -2.15. The molecule has 0 aliphatic carbocycles. The molecular weight excluding hydrogens is 362 g/mol. The third-order valence-corrected chi connectivity index (χ3v) is 4.63. The Balaban J connectivity index is 2.10. The standard InChI is InChI=1S/C25H33NO3/c1-6-8-13-24(26-27-5)22-12-10-11-21(17-22)18-29-25-19(3)15-23(16-20(25)4)28-14-9-7-2/h7,9-12,15-17H,6,8,13-14,18H2,1-5H3/b9-7+,26-24?. The van der Waals surface area contributed by atoms with Gasteiger partial charge in [0.25, 0.3) is 0 Å². The number of benzene rings is 2. The average Bonchev–Trinajstić information content (AvgIpc) is 2.71. The van der Waals surface area contributed by atoms with Crippen molar-refractivity contribution in [1.29, 1.82) is 0 Å². The van der Waals surface area contributed by atoms with E-state index in [2.05, 4.69) is 44.1 Å². The summed E-state index contributed by atoms with van der Waals surface area (Å²) in [5, 5.41) is 4.22. The number of nitrogens with zero attached hydrogens (tertiary/aromatic N) is 1. The van der Waals surface area contributed by atoms with Crippen molar-refractivity contribution in [2.75, 3.05) is 13.7 Å². The Bertz CT molecular complexity index is 817. The van der Waals surface area contributed by atoms with Crippen LogP contribution in [0, 0.1) is 13.8 Å². The van der Waals surface area contributed by atoms with Gasteiger partial charge in [-0.3, -0.25) is 0 Å². The second-order valence-electron chi connectivity index (χ2n) is 7.08. The molecule has 2 aromatic carbocycles. The van der Waals surface area contributed by atoms with Gasteiger partial charge in [0.05, 0.1) is 5.71 Å². The van der Waals surface area contributed by atoms with Gasteiger partial charge in [-0.15, -0.1) is 0 Å². The van der Waals surface area contributed by atoms with E-state index in [9.17, 15) is 0 Å². The Labute approximate surface area is 175 Å². The number of ether oxygens (including phenoxy) is 2. The number of rotatable bonds is 11. The number of unbranched alkanes of at least 4 members (excludes halogenated alkanes) is 1. The molecule has 0 aliphatic rings. The molecule has 0 amide bonds. The zero-order chi connectivity index (χ0) is 21.1. The number of aryl methyl sites for hydroxylation is 2. The van der Waals surface area contributed by atoms with Gasteiger partial charge in [-0.1, -0.05) is 48.9 Å². The number of allylic oxidation sites excluding steroid dienone is 1. The highest BCUT2D eigenvalue weighted by atomic mass is 16.6. The predicted octanol–water partition coefficient (Wildman–Crippen LogP) is 6.38. The van der Waals surface area contributed by atoms with Crippen LogP contribution in [-0.4, -0.2) is 19.4 Å². The normalized spacial score (nSPS) is 11.7. The lowest BCUT2D eigenvalue weighted by atomic mass is 10.0. The molecule has 2 rings (SSSR count). The van der Waals surface area contributed by atoms with Crippen molar-refractivity contribution in [2.45, 2.75) is 53.6 Å². The highest BCUT2D eigenvalue weighted by molar-refractivity contribution is 6.00. The zero-order valence-corrected chi connectivity index (χ0v) is 18.3. The van der Waals surface area contributed by atoms with Gasteiger partial charge in [0.1, 0.15) is 31.8 Å². The molecule has 0 bridgehead atoms. The van der Waals surface area contributed by atoms with Crippen LogP contribution in [0.25, 0.3) is 0 Å². The van der Waals surface area contributed by atoms with Crippen molar-refractivity contribution in [2.24, 2.45) is 5.16 Å². The zero-order valence-electron chi connectivity index (χ0n) is 18.3. The van der Waals surface area contributed by atoms with E-state index >= 15 is 0 Å². The van der Waals surface area contributed by atoms with Gasteiger partial charge >= 0.3 is 0 Å². The van der Waals surface area contributed by atoms with E-state index in [0.29, 0.717) is 13.2 Å². The van der Waals surface area contributed by atoms with Crippen LogP contribution in [0.3, 0.4) is 0 Å². The third-order valence-electron chi connectivity index (χ3n) is 4.63. The molecule has 4 nitrogen and oxygen atoms in total. The van der Waals surface area contributed by atoms with Crippen LogP contribution >= 0.6 is 0 Å². The Kier molecular flexibility index (Phi) is 9.29. The first-order valence-corrected chi connectivity index (χ1v) is 10.3. The summed E-state index contributed by atoms with van der Waals surface area (Å²) in [7, 11) is 1.59. The molecule has 0 heterocycles. The molecule has 156 valence electrons. The maximum Gasteiger partial charge on any atom is 0.125 e. The highest BCUT2D eigenvalue weighted by Crippen LogP contribution is 2.29. The quantitative estimate of drug-likeness (QED) is 0.252. The topological polar surface area (TPSA) is 40.0 Å². The SMILES string of the molecule is C/C=C/COc1cc(C)c(OCc2cccc(C(CCCC)=NOC)c2)c(C)c1. The van der Waals surface area contributed by atoms with Crippen LogP contribution in [0.4, 0.5) is 0 Å². The fraction of sp³-hybridized carbons (Fsp3) is 0.400. The van der Waals surface area contributed by atoms with Gasteiger partial charge in [-0.2, -0.15) is 0 Å². The Morgan fingerprint density at radius 1 is 1.07 bits per heavy atom. The minimum atomic E-state index is 0.502. The number of oxime groups is 1. The van der Waals surface area contributed by atoms with E-state index in [-0.39, 0.29) is 0 Å². The average molecular weight is 396 g/mol. The number of hydrogen-bond acceptors (Lipinski definition) is 4. The van der Waals surface area contributed by atoms with Gasteiger partial charge in [-0.25, -0.2) is 0 Å². The molecule has 0 N–H and O–H groups in total. The molecule has 0 unspecified atom stereocenters. The highest BCUT2D eigenvalue weighted by Gasteiger charge is 2.09. The Morgan fingerprint density at radius 3 is 2.48 bits per heavy atom. The van der Waals surface area contributed by atoms with Crippen LogP contribution < -0.4 is 9.47 Å². The molecule has 0 atom stereocenters. The van der Waals surface area contributed by atoms with Crippen LogP contribution in [0.1, 0.15) is 55.4 Å².